The predicted molar refractivity (Wildman–Crippen MR) is 62.3 cm³/mol. The molecule has 1 aliphatic rings. The van der Waals surface area contributed by atoms with E-state index in [1.54, 1.807) is 11.1 Å². The highest BCUT2D eigenvalue weighted by Gasteiger charge is 2.26. The number of nitrogens with zero attached hydrogens (tertiary/aromatic N) is 3. The van der Waals surface area contributed by atoms with Gasteiger partial charge in [-0.05, 0) is 18.9 Å². The fraction of sp³-hybridized carbons (Fsp3) is 0.500. The van der Waals surface area contributed by atoms with Gasteiger partial charge in [-0.1, -0.05) is 0 Å². The maximum Gasteiger partial charge on any atom is 0.274 e. The lowest BCUT2D eigenvalue weighted by Gasteiger charge is -2.15. The molecule has 0 aromatic carbocycles. The van der Waals surface area contributed by atoms with E-state index in [1.807, 2.05) is 0 Å². The van der Waals surface area contributed by atoms with E-state index in [4.69, 9.17) is 5.73 Å². The number of halogens is 1. The molecule has 2 heterocycles. The summed E-state index contributed by atoms with van der Waals surface area (Å²) < 4.78 is 0. The van der Waals surface area contributed by atoms with Crippen LogP contribution in [0.5, 0.6) is 0 Å². The van der Waals surface area contributed by atoms with Crippen LogP contribution >= 0.6 is 12.4 Å². The number of likely N-dealkylation sites (tertiary alicyclic amines) is 1. The lowest BCUT2D eigenvalue weighted by atomic mass is 10.1. The number of hydrogen-bond acceptors (Lipinski definition) is 4. The van der Waals surface area contributed by atoms with Crippen LogP contribution in [0.25, 0.3) is 0 Å². The van der Waals surface area contributed by atoms with E-state index in [-0.39, 0.29) is 18.3 Å². The molecule has 0 radical (unpaired) electrons. The number of carbonyl (C=O) groups is 1. The lowest BCUT2D eigenvalue weighted by molar-refractivity contribution is 0.0781. The zero-order valence-electron chi connectivity index (χ0n) is 8.87. The molecule has 1 fully saturated rings. The molecule has 1 aliphatic heterocycles. The molecule has 1 atom stereocenters. The van der Waals surface area contributed by atoms with E-state index in [9.17, 15) is 4.79 Å². The summed E-state index contributed by atoms with van der Waals surface area (Å²) in [5, 5.41) is 0. The molecule has 16 heavy (non-hydrogen) atoms. The Hall–Kier alpha value is -1.20. The second-order valence-electron chi connectivity index (χ2n) is 3.73. The molecule has 5 nitrogen and oxygen atoms in total. The Morgan fingerprint density at radius 3 is 2.94 bits per heavy atom. The monoisotopic (exact) mass is 242 g/mol. The summed E-state index contributed by atoms with van der Waals surface area (Å²) in [5.41, 5.74) is 5.98. The summed E-state index contributed by atoms with van der Waals surface area (Å²) in [6, 6.07) is 0. The molecule has 1 saturated heterocycles. The van der Waals surface area contributed by atoms with E-state index in [1.165, 1.54) is 12.4 Å². The Labute approximate surface area is 100 Å². The van der Waals surface area contributed by atoms with Gasteiger partial charge in [0, 0.05) is 25.5 Å². The topological polar surface area (TPSA) is 72.1 Å². The second kappa shape index (κ2) is 5.77. The van der Waals surface area contributed by atoms with Crippen molar-refractivity contribution in [1.82, 2.24) is 14.9 Å². The highest BCUT2D eigenvalue weighted by atomic mass is 35.5. The van der Waals surface area contributed by atoms with Gasteiger partial charge in [-0.15, -0.1) is 12.4 Å². The number of amides is 1. The van der Waals surface area contributed by atoms with Crippen LogP contribution in [0.15, 0.2) is 18.6 Å². The third kappa shape index (κ3) is 2.68. The van der Waals surface area contributed by atoms with Gasteiger partial charge in [0.1, 0.15) is 5.69 Å². The fourth-order valence-electron chi connectivity index (χ4n) is 1.78. The maximum atomic E-state index is 11.9. The molecule has 1 aromatic rings. The normalized spacial score (nSPS) is 19.3. The van der Waals surface area contributed by atoms with Crippen molar-refractivity contribution in [3.8, 4) is 0 Å². The summed E-state index contributed by atoms with van der Waals surface area (Å²) in [6.07, 6.45) is 5.58. The Bertz CT molecular complexity index is 346. The van der Waals surface area contributed by atoms with Crippen LogP contribution in [0.1, 0.15) is 16.9 Å². The number of aromatic nitrogens is 2. The molecule has 0 bridgehead atoms. The minimum atomic E-state index is -0.0425. The molecule has 0 aliphatic carbocycles. The SMILES string of the molecule is Cl.NCC1CCN(C(=O)c2cnccn2)C1. The molecule has 1 unspecified atom stereocenters. The highest BCUT2D eigenvalue weighted by Crippen LogP contribution is 2.16. The van der Waals surface area contributed by atoms with Crippen LogP contribution in [0.4, 0.5) is 0 Å². The van der Waals surface area contributed by atoms with Crippen molar-refractivity contribution in [1.29, 1.82) is 0 Å². The van der Waals surface area contributed by atoms with E-state index in [0.29, 0.717) is 18.2 Å². The van der Waals surface area contributed by atoms with Crippen molar-refractivity contribution in [2.45, 2.75) is 6.42 Å². The van der Waals surface area contributed by atoms with Crippen LogP contribution in [-0.4, -0.2) is 40.4 Å². The number of rotatable bonds is 2. The molecular formula is C10H15ClN4O. The summed E-state index contributed by atoms with van der Waals surface area (Å²) in [7, 11) is 0. The maximum absolute atomic E-state index is 11.9. The number of nitrogens with two attached hydrogens (primary N) is 1. The molecule has 0 spiro atoms. The minimum absolute atomic E-state index is 0. The van der Waals surface area contributed by atoms with Gasteiger partial charge >= 0.3 is 0 Å². The van der Waals surface area contributed by atoms with Crippen molar-refractivity contribution in [3.05, 3.63) is 24.3 Å². The lowest BCUT2D eigenvalue weighted by Crippen LogP contribution is -2.30. The summed E-state index contributed by atoms with van der Waals surface area (Å²) >= 11 is 0. The summed E-state index contributed by atoms with van der Waals surface area (Å²) in [6.45, 7) is 2.16. The molecule has 0 saturated carbocycles. The average Bonchev–Trinajstić information content (AvgIpc) is 2.78. The largest absolute Gasteiger partial charge is 0.337 e. The molecule has 6 heteroatoms. The van der Waals surface area contributed by atoms with Crippen molar-refractivity contribution in [2.75, 3.05) is 19.6 Å². The van der Waals surface area contributed by atoms with Gasteiger partial charge in [-0.2, -0.15) is 0 Å². The van der Waals surface area contributed by atoms with Crippen LogP contribution in [0.3, 0.4) is 0 Å². The van der Waals surface area contributed by atoms with Gasteiger partial charge in [-0.3, -0.25) is 9.78 Å². The van der Waals surface area contributed by atoms with E-state index in [0.717, 1.165) is 19.5 Å². The number of hydrogen-bond donors (Lipinski definition) is 1. The molecule has 1 amide bonds. The van der Waals surface area contributed by atoms with E-state index >= 15 is 0 Å². The molecule has 1 aromatic heterocycles. The van der Waals surface area contributed by atoms with E-state index < -0.39 is 0 Å². The van der Waals surface area contributed by atoms with Gasteiger partial charge < -0.3 is 10.6 Å². The van der Waals surface area contributed by atoms with Crippen LogP contribution < -0.4 is 5.73 Å². The fourth-order valence-corrected chi connectivity index (χ4v) is 1.78. The van der Waals surface area contributed by atoms with Crippen LogP contribution in [0.2, 0.25) is 0 Å². The highest BCUT2D eigenvalue weighted by molar-refractivity contribution is 5.92. The van der Waals surface area contributed by atoms with Gasteiger partial charge in [0.2, 0.25) is 0 Å². The average molecular weight is 243 g/mol. The smallest absolute Gasteiger partial charge is 0.274 e. The molecule has 2 N–H and O–H groups in total. The number of carbonyl (C=O) groups excluding carboxylic acids is 1. The minimum Gasteiger partial charge on any atom is -0.337 e. The van der Waals surface area contributed by atoms with Crippen molar-refractivity contribution in [3.63, 3.8) is 0 Å². The van der Waals surface area contributed by atoms with Gasteiger partial charge in [0.05, 0.1) is 6.20 Å². The van der Waals surface area contributed by atoms with Gasteiger partial charge in [0.25, 0.3) is 5.91 Å². The van der Waals surface area contributed by atoms with Crippen molar-refractivity contribution < 1.29 is 4.79 Å². The first-order valence-corrected chi connectivity index (χ1v) is 5.06. The quantitative estimate of drug-likeness (QED) is 0.811. The van der Waals surface area contributed by atoms with Gasteiger partial charge in [-0.25, -0.2) is 4.98 Å². The van der Waals surface area contributed by atoms with Crippen molar-refractivity contribution in [2.24, 2.45) is 11.7 Å². The predicted octanol–water partition coefficient (Wildman–Crippen LogP) is 0.319. The van der Waals surface area contributed by atoms with Crippen molar-refractivity contribution >= 4 is 18.3 Å². The molecule has 2 rings (SSSR count). The first kappa shape index (κ1) is 12.9. The van der Waals surface area contributed by atoms with Gasteiger partial charge in [0.15, 0.2) is 0 Å². The zero-order valence-corrected chi connectivity index (χ0v) is 9.69. The Morgan fingerprint density at radius 2 is 2.38 bits per heavy atom. The van der Waals surface area contributed by atoms with E-state index in [2.05, 4.69) is 9.97 Å². The summed E-state index contributed by atoms with van der Waals surface area (Å²) in [4.78, 5) is 21.6. The molecule has 88 valence electrons. The van der Waals surface area contributed by atoms with Crippen LogP contribution in [-0.2, 0) is 0 Å². The van der Waals surface area contributed by atoms with Crippen LogP contribution in [0, 0.1) is 5.92 Å². The third-order valence-corrected chi connectivity index (χ3v) is 2.69. The molecular weight excluding hydrogens is 228 g/mol. The second-order valence-corrected chi connectivity index (χ2v) is 3.73. The third-order valence-electron chi connectivity index (χ3n) is 2.69. The first-order valence-electron chi connectivity index (χ1n) is 5.06. The zero-order chi connectivity index (χ0) is 10.7. The first-order chi connectivity index (χ1) is 7.31. The Kier molecular flexibility index (Phi) is 4.64. The Morgan fingerprint density at radius 1 is 1.56 bits per heavy atom. The Balaban J connectivity index is 0.00000128. The standard InChI is InChI=1S/C10H14N4O.ClH/c11-5-8-1-4-14(7-8)10(15)9-6-12-2-3-13-9;/h2-3,6,8H,1,4-5,7,11H2;1H. The summed E-state index contributed by atoms with van der Waals surface area (Å²) in [5.74, 6) is 0.393.